The van der Waals surface area contributed by atoms with E-state index in [2.05, 4.69) is 35.1 Å². The number of nitrogens with one attached hydrogen (secondary N) is 1. The van der Waals surface area contributed by atoms with Crippen LogP contribution in [0, 0.1) is 0 Å². The maximum Gasteiger partial charge on any atom is 0.233 e. The number of carbonyl (C=O) groups excluding carboxylic acids is 1. The summed E-state index contributed by atoms with van der Waals surface area (Å²) in [6, 6.07) is 0. The fraction of sp³-hybridized carbons (Fsp3) is 0.909. The van der Waals surface area contributed by atoms with Gasteiger partial charge >= 0.3 is 0 Å². The predicted octanol–water partition coefficient (Wildman–Crippen LogP) is 3.25. The second-order valence-electron chi connectivity index (χ2n) is 3.61. The van der Waals surface area contributed by atoms with Crippen molar-refractivity contribution in [2.75, 3.05) is 6.54 Å². The van der Waals surface area contributed by atoms with Crippen molar-refractivity contribution in [3.05, 3.63) is 0 Å². The Labute approximate surface area is 96.0 Å². The average molecular weight is 264 g/mol. The Bertz CT molecular complexity index is 150. The molecule has 1 unspecified atom stereocenters. The number of unbranched alkanes of at least 4 members (excludes halogenated alkanes) is 3. The third-order valence-corrected chi connectivity index (χ3v) is 3.05. The highest BCUT2D eigenvalue weighted by molar-refractivity contribution is 9.10. The number of amides is 1. The van der Waals surface area contributed by atoms with E-state index in [4.69, 9.17) is 0 Å². The molecular formula is C11H22BrNO. The van der Waals surface area contributed by atoms with Crippen LogP contribution in [-0.4, -0.2) is 17.3 Å². The first-order valence-electron chi connectivity index (χ1n) is 5.64. The van der Waals surface area contributed by atoms with Gasteiger partial charge in [0.2, 0.25) is 5.91 Å². The Hall–Kier alpha value is -0.0500. The zero-order valence-corrected chi connectivity index (χ0v) is 10.9. The lowest BCUT2D eigenvalue weighted by Gasteiger charge is -2.09. The van der Waals surface area contributed by atoms with Gasteiger partial charge in [0.05, 0.1) is 4.83 Å². The highest BCUT2D eigenvalue weighted by Crippen LogP contribution is 2.09. The van der Waals surface area contributed by atoms with Crippen LogP contribution in [0.1, 0.15) is 52.4 Å². The van der Waals surface area contributed by atoms with Crippen molar-refractivity contribution >= 4 is 21.8 Å². The lowest BCUT2D eigenvalue weighted by molar-refractivity contribution is -0.120. The third kappa shape index (κ3) is 7.36. The summed E-state index contributed by atoms with van der Waals surface area (Å²) in [7, 11) is 0. The number of hydrogen-bond donors (Lipinski definition) is 1. The van der Waals surface area contributed by atoms with E-state index in [0.29, 0.717) is 0 Å². The molecule has 0 saturated carbocycles. The SMILES string of the molecule is CCCCCNC(=O)C(Br)CCCC. The molecule has 2 nitrogen and oxygen atoms in total. The largest absolute Gasteiger partial charge is 0.355 e. The van der Waals surface area contributed by atoms with Gasteiger partial charge in [-0.15, -0.1) is 0 Å². The topological polar surface area (TPSA) is 29.1 Å². The molecule has 0 bridgehead atoms. The fourth-order valence-corrected chi connectivity index (χ4v) is 1.70. The van der Waals surface area contributed by atoms with Crippen LogP contribution in [0.3, 0.4) is 0 Å². The lowest BCUT2D eigenvalue weighted by atomic mass is 10.2. The minimum atomic E-state index is 0.00377. The van der Waals surface area contributed by atoms with Crippen molar-refractivity contribution in [1.82, 2.24) is 5.32 Å². The van der Waals surface area contributed by atoms with Crippen molar-refractivity contribution in [2.24, 2.45) is 0 Å². The minimum Gasteiger partial charge on any atom is -0.355 e. The van der Waals surface area contributed by atoms with Crippen LogP contribution in [0.25, 0.3) is 0 Å². The molecule has 0 spiro atoms. The quantitative estimate of drug-likeness (QED) is 0.529. The van der Waals surface area contributed by atoms with Gasteiger partial charge in [0.25, 0.3) is 0 Å². The van der Waals surface area contributed by atoms with Crippen LogP contribution in [-0.2, 0) is 4.79 Å². The summed E-state index contributed by atoms with van der Waals surface area (Å²) in [6.07, 6.45) is 6.68. The molecule has 0 radical (unpaired) electrons. The molecule has 0 saturated heterocycles. The molecule has 84 valence electrons. The van der Waals surface area contributed by atoms with Gasteiger partial charge in [0, 0.05) is 6.54 Å². The first kappa shape index (κ1) is 13.9. The summed E-state index contributed by atoms with van der Waals surface area (Å²) in [5.74, 6) is 0.148. The standard InChI is InChI=1S/C11H22BrNO/c1-3-5-7-9-13-11(14)10(12)8-6-4-2/h10H,3-9H2,1-2H3,(H,13,14). The molecule has 0 aliphatic rings. The molecule has 3 heteroatoms. The van der Waals surface area contributed by atoms with Gasteiger partial charge in [0.15, 0.2) is 0 Å². The average Bonchev–Trinajstić information content (AvgIpc) is 2.20. The second kappa shape index (κ2) is 9.50. The van der Waals surface area contributed by atoms with Gasteiger partial charge in [0.1, 0.15) is 0 Å². The zero-order chi connectivity index (χ0) is 10.8. The maximum atomic E-state index is 11.5. The molecule has 0 aromatic rings. The zero-order valence-electron chi connectivity index (χ0n) is 9.31. The molecule has 0 fully saturated rings. The predicted molar refractivity (Wildman–Crippen MR) is 64.8 cm³/mol. The summed E-state index contributed by atoms with van der Waals surface area (Å²) in [6.45, 7) is 5.12. The van der Waals surface area contributed by atoms with Crippen LogP contribution < -0.4 is 5.32 Å². The Kier molecular flexibility index (Phi) is 9.47. The first-order chi connectivity index (χ1) is 6.72. The van der Waals surface area contributed by atoms with Crippen LogP contribution in [0.15, 0.2) is 0 Å². The van der Waals surface area contributed by atoms with Crippen LogP contribution in [0.4, 0.5) is 0 Å². The van der Waals surface area contributed by atoms with E-state index in [1.807, 2.05) is 0 Å². The van der Waals surface area contributed by atoms with E-state index in [1.54, 1.807) is 0 Å². The Morgan fingerprint density at radius 2 is 1.86 bits per heavy atom. The summed E-state index contributed by atoms with van der Waals surface area (Å²) >= 11 is 3.40. The lowest BCUT2D eigenvalue weighted by Crippen LogP contribution is -2.31. The summed E-state index contributed by atoms with van der Waals surface area (Å²) in [4.78, 5) is 11.5. The highest BCUT2D eigenvalue weighted by atomic mass is 79.9. The molecular weight excluding hydrogens is 242 g/mol. The van der Waals surface area contributed by atoms with Gasteiger partial charge in [-0.05, 0) is 12.8 Å². The van der Waals surface area contributed by atoms with Crippen molar-refractivity contribution in [3.63, 3.8) is 0 Å². The van der Waals surface area contributed by atoms with Gasteiger partial charge in [-0.25, -0.2) is 0 Å². The number of carbonyl (C=O) groups is 1. The van der Waals surface area contributed by atoms with E-state index in [1.165, 1.54) is 12.8 Å². The molecule has 0 aromatic heterocycles. The third-order valence-electron chi connectivity index (χ3n) is 2.18. The molecule has 0 rings (SSSR count). The van der Waals surface area contributed by atoms with Gasteiger partial charge in [-0.1, -0.05) is 55.5 Å². The van der Waals surface area contributed by atoms with Gasteiger partial charge in [-0.2, -0.15) is 0 Å². The monoisotopic (exact) mass is 263 g/mol. The van der Waals surface area contributed by atoms with E-state index < -0.39 is 0 Å². The van der Waals surface area contributed by atoms with Crippen LogP contribution >= 0.6 is 15.9 Å². The smallest absolute Gasteiger partial charge is 0.233 e. The molecule has 0 aliphatic carbocycles. The Balaban J connectivity index is 3.42. The number of alkyl halides is 1. The van der Waals surface area contributed by atoms with Crippen LogP contribution in [0.2, 0.25) is 0 Å². The van der Waals surface area contributed by atoms with E-state index in [-0.39, 0.29) is 10.7 Å². The van der Waals surface area contributed by atoms with E-state index >= 15 is 0 Å². The summed E-state index contributed by atoms with van der Waals surface area (Å²) in [5.41, 5.74) is 0. The highest BCUT2D eigenvalue weighted by Gasteiger charge is 2.12. The first-order valence-corrected chi connectivity index (χ1v) is 6.55. The normalized spacial score (nSPS) is 12.5. The molecule has 1 N–H and O–H groups in total. The van der Waals surface area contributed by atoms with Crippen molar-refractivity contribution in [2.45, 2.75) is 57.2 Å². The molecule has 14 heavy (non-hydrogen) atoms. The number of rotatable bonds is 8. The van der Waals surface area contributed by atoms with Gasteiger partial charge in [-0.3, -0.25) is 4.79 Å². The molecule has 0 aliphatic heterocycles. The Morgan fingerprint density at radius 3 is 2.43 bits per heavy atom. The van der Waals surface area contributed by atoms with Crippen molar-refractivity contribution in [3.8, 4) is 0 Å². The maximum absolute atomic E-state index is 11.5. The second-order valence-corrected chi connectivity index (χ2v) is 4.71. The molecule has 1 amide bonds. The van der Waals surface area contributed by atoms with Crippen molar-refractivity contribution < 1.29 is 4.79 Å². The number of hydrogen-bond acceptors (Lipinski definition) is 1. The Morgan fingerprint density at radius 1 is 1.21 bits per heavy atom. The van der Waals surface area contributed by atoms with Crippen molar-refractivity contribution in [1.29, 1.82) is 0 Å². The van der Waals surface area contributed by atoms with Crippen LogP contribution in [0.5, 0.6) is 0 Å². The van der Waals surface area contributed by atoms with E-state index in [0.717, 1.165) is 32.2 Å². The summed E-state index contributed by atoms with van der Waals surface area (Å²) < 4.78 is 0. The molecule has 0 heterocycles. The fourth-order valence-electron chi connectivity index (χ4n) is 1.21. The molecule has 1 atom stereocenters. The minimum absolute atomic E-state index is 0.00377. The van der Waals surface area contributed by atoms with E-state index in [9.17, 15) is 4.79 Å². The number of halogens is 1. The summed E-state index contributed by atoms with van der Waals surface area (Å²) in [5, 5.41) is 2.94. The molecule has 0 aromatic carbocycles. The van der Waals surface area contributed by atoms with Gasteiger partial charge < -0.3 is 5.32 Å².